The van der Waals surface area contributed by atoms with Gasteiger partial charge in [-0.05, 0) is 172 Å². The van der Waals surface area contributed by atoms with Crippen LogP contribution in [0.5, 0.6) is 0 Å². The number of unbranched alkanes of at least 4 members (excludes halogenated alkanes) is 3. The lowest BCUT2D eigenvalue weighted by Gasteiger charge is -2.37. The van der Waals surface area contributed by atoms with Crippen molar-refractivity contribution in [3.63, 3.8) is 0 Å². The summed E-state index contributed by atoms with van der Waals surface area (Å²) in [5, 5.41) is 113. The minimum atomic E-state index is -1.54. The summed E-state index contributed by atoms with van der Waals surface area (Å²) in [6.07, 6.45) is 7.12. The number of aryl methyl sites for hydroxylation is 1. The van der Waals surface area contributed by atoms with Crippen LogP contribution < -0.4 is 53.2 Å². The molecule has 49 nitrogen and oxygen atoms in total. The Morgan fingerprint density at radius 2 is 0.823 bits per heavy atom. The van der Waals surface area contributed by atoms with E-state index in [0.717, 1.165) is 36.2 Å². The summed E-state index contributed by atoms with van der Waals surface area (Å²) in [7, 11) is 0. The molecule has 1 saturated heterocycles. The maximum atomic E-state index is 13.7. The van der Waals surface area contributed by atoms with Gasteiger partial charge in [-0.1, -0.05) is 53.8 Å². The number of nitrogens with one attached hydrogen (secondary N) is 10. The smallest absolute Gasteiger partial charge is 0.326 e. The van der Waals surface area contributed by atoms with Crippen molar-refractivity contribution in [1.29, 1.82) is 0 Å². The van der Waals surface area contributed by atoms with Gasteiger partial charge < -0.3 is 146 Å². The molecule has 822 valence electrons. The van der Waals surface area contributed by atoms with Crippen molar-refractivity contribution >= 4 is 146 Å². The molecule has 1 aromatic heterocycles. The van der Waals surface area contributed by atoms with Gasteiger partial charge in [0.2, 0.25) is 17.7 Å². The molecule has 5 atom stereocenters. The minimum absolute atomic E-state index is 0.0200. The first-order chi connectivity index (χ1) is 70.9. The Bertz CT molecular complexity index is 4550. The van der Waals surface area contributed by atoms with Crippen molar-refractivity contribution in [3.05, 3.63) is 93.7 Å². The fourth-order valence-electron chi connectivity index (χ4n) is 14.5. The molecule has 0 bridgehead atoms. The third-order valence-electron chi connectivity index (χ3n) is 22.1. The zero-order valence-corrected chi connectivity index (χ0v) is 86.8. The van der Waals surface area contributed by atoms with Gasteiger partial charge in [-0.25, -0.2) is 28.7 Å². The molecule has 2 unspecified atom stereocenters. The lowest BCUT2D eigenvalue weighted by atomic mass is 10.0. The van der Waals surface area contributed by atoms with Crippen molar-refractivity contribution in [2.75, 3.05) is 254 Å². The predicted octanol–water partition coefficient (Wildman–Crippen LogP) is 2.78. The first-order valence-electron chi connectivity index (χ1n) is 49.0. The number of rotatable bonds is 82. The van der Waals surface area contributed by atoms with Gasteiger partial charge in [0, 0.05) is 118 Å². The van der Waals surface area contributed by atoms with Crippen LogP contribution in [-0.2, 0) is 124 Å². The number of thiocarbonyl (C=S) groups is 2. The van der Waals surface area contributed by atoms with E-state index >= 15 is 0 Å². The number of benzene rings is 3. The fourth-order valence-corrected chi connectivity index (χ4v) is 15.3. The normalized spacial score (nSPS) is 14.1. The largest absolute Gasteiger partial charge is 0.481 e. The van der Waals surface area contributed by atoms with Gasteiger partial charge in [0.25, 0.3) is 0 Å². The van der Waals surface area contributed by atoms with Gasteiger partial charge >= 0.3 is 59.8 Å². The van der Waals surface area contributed by atoms with Crippen molar-refractivity contribution in [1.82, 2.24) is 77.1 Å². The van der Waals surface area contributed by atoms with Gasteiger partial charge in [0.05, 0.1) is 189 Å². The Labute approximate surface area is 878 Å². The topological polar surface area (TPSA) is 649 Å². The monoisotopic (exact) mass is 2230 g/mol. The molecule has 147 heavy (non-hydrogen) atoms. The maximum absolute atomic E-state index is 13.7. The Hall–Kier alpha value is -10.8. The van der Waals surface area contributed by atoms with Crippen LogP contribution >= 0.6 is 47.0 Å². The van der Waals surface area contributed by atoms with E-state index in [-0.39, 0.29) is 183 Å². The van der Waals surface area contributed by atoms with Gasteiger partial charge in [0.1, 0.15) is 29.9 Å². The molecule has 0 aliphatic carbocycles. The summed E-state index contributed by atoms with van der Waals surface area (Å²) in [5.41, 5.74) is 4.28. The number of nitrogens with zero attached hydrogens (tertiary/aromatic N) is 7. The molecule has 18 N–H and O–H groups in total. The van der Waals surface area contributed by atoms with Gasteiger partial charge in [-0.2, -0.15) is 0 Å². The number of urea groups is 2. The van der Waals surface area contributed by atoms with E-state index in [1.807, 2.05) is 12.1 Å². The second kappa shape index (κ2) is 78.4. The van der Waals surface area contributed by atoms with Crippen molar-refractivity contribution in [2.24, 2.45) is 0 Å². The molecule has 52 heteroatoms. The molecule has 1 aliphatic heterocycles. The minimum Gasteiger partial charge on any atom is -0.481 e. The zero-order chi connectivity index (χ0) is 107. The molecule has 7 amide bonds. The second-order valence-corrected chi connectivity index (χ2v) is 36.0. The van der Waals surface area contributed by atoms with Gasteiger partial charge in [0.15, 0.2) is 5.11 Å². The fraction of sp³-hybridized carbons (Fsp3) is 0.632. The van der Waals surface area contributed by atoms with E-state index in [1.54, 1.807) is 66.9 Å². The highest BCUT2D eigenvalue weighted by molar-refractivity contribution is 14.1. The van der Waals surface area contributed by atoms with Crippen LogP contribution in [0.2, 0.25) is 0 Å². The van der Waals surface area contributed by atoms with Crippen molar-refractivity contribution in [3.8, 4) is 11.3 Å². The second-order valence-electron chi connectivity index (χ2n) is 33.9. The number of anilines is 2. The highest BCUT2D eigenvalue weighted by atomic mass is 127. The lowest BCUT2D eigenvalue weighted by molar-refractivity contribution is -0.142. The molecule has 0 saturated carbocycles. The van der Waals surface area contributed by atoms with Crippen LogP contribution in [0.1, 0.15) is 107 Å². The molecule has 0 radical (unpaired) electrons. The Morgan fingerprint density at radius 1 is 0.388 bits per heavy atom. The molecule has 1 fully saturated rings. The van der Waals surface area contributed by atoms with E-state index in [9.17, 15) is 98.1 Å². The number of ether oxygens (including phenoxy) is 11. The van der Waals surface area contributed by atoms with Crippen molar-refractivity contribution in [2.45, 2.75) is 146 Å². The first-order valence-corrected chi connectivity index (χ1v) is 50.9. The number of carbonyl (C=O) groups excluding carboxylic acids is 5. The van der Waals surface area contributed by atoms with E-state index in [4.69, 9.17) is 81.6 Å². The van der Waals surface area contributed by atoms with Crippen molar-refractivity contribution < 1.29 is 155 Å². The summed E-state index contributed by atoms with van der Waals surface area (Å²) in [5.74, 6) is -10.9. The number of aliphatic carboxylic acids is 8. The number of carbonyl (C=O) groups is 13. The molecule has 1 aliphatic rings. The average molecular weight is 2230 g/mol. The number of carboxylic acid groups (broad SMARTS) is 8. The highest BCUT2D eigenvalue weighted by Crippen LogP contribution is 2.22. The van der Waals surface area contributed by atoms with E-state index < -0.39 is 134 Å². The summed E-state index contributed by atoms with van der Waals surface area (Å²) in [4.78, 5) is 166. The molecular weight excluding hydrogens is 2080 g/mol. The molecule has 3 aromatic carbocycles. The van der Waals surface area contributed by atoms with Crippen LogP contribution in [0.4, 0.5) is 21.0 Å². The number of hydrogen-bond acceptors (Lipinski definition) is 32. The number of carboxylic acids is 8. The van der Waals surface area contributed by atoms with Gasteiger partial charge in [-0.15, -0.1) is 5.10 Å². The summed E-state index contributed by atoms with van der Waals surface area (Å²) in [6.45, 7) is 7.12. The van der Waals surface area contributed by atoms with Crippen LogP contribution in [0.3, 0.4) is 0 Å². The number of aromatic nitrogens is 3. The SMILES string of the molecule is O=C(O)CC[C@H](NC(=O)N[C@@H](CCCCNC(=O)Nc1cccc(-c2cn(CCOCCOCCOCCC(=O)NC(CCCCNC(=S)Nc3ccc(CC4CN(CC(=O)O)CCN(CC(=O)O)CCN(CC(=O)O)CCN4CC(=O)O)cc3)C(=O)NCCOCCOCCOCCOCCOCCOCCOCCOCCC(=O)N[C@@H](CCCCNC(=S)CCCc3ccc(I)cc3)C(=O)O)nn2)c1)C(=O)O)C(=O)O. The Morgan fingerprint density at radius 3 is 1.33 bits per heavy atom. The summed E-state index contributed by atoms with van der Waals surface area (Å²) >= 11 is 13.4. The van der Waals surface area contributed by atoms with Crippen LogP contribution in [-0.4, -0.2) is 437 Å². The molecule has 2 heterocycles. The van der Waals surface area contributed by atoms with E-state index in [0.29, 0.717) is 152 Å². The molecule has 0 spiro atoms. The highest BCUT2D eigenvalue weighted by Gasteiger charge is 2.31. The van der Waals surface area contributed by atoms with Crippen LogP contribution in [0, 0.1) is 3.57 Å². The standard InChI is InChI=1S/C95H146IN17O32S2/c96-72-20-16-69(17-21-72)9-7-15-83(146)97-28-4-2-13-77(90(127)128)104-82(115)27-40-136-44-48-140-51-53-142-55-57-144-59-60-145-58-56-143-54-52-141-49-45-137-41-31-98-89(126)76(12-1-6-30-100-95(147)102-73-22-18-70(19-23-73)61-75-63-111(67-87(122)123)35-34-109(65-85(118)119)32-33-110(66-86(120)121)36-37-112(75)68-88(124)125)103-81(114)26-39-135-43-47-139-50-46-138-42-38-113-64-80(107-108-113)71-10-8-11-74(62-71)101-93(133)99-29-5-3-14-78(91(129)130)105-94(134)106-79(92(131)132)24-25-84(116)117/h8,10-11,16-23,62,64,75-79H,1-7,9,12-15,24-61,63,65-68H2,(H,97,146)(H,98,126)(H,103,114)(H,104,115)(H,116,117)(H,118,119)(H,120,121)(H,122,123)(H,124,125)(H,127,128)(H,129,130)(H,131,132)(H2,99,101,133)(H2,100,102,147)(H2,105,106,134)/t75?,76?,77-,78-,79-/m0/s1. The quantitative estimate of drug-likeness (QED) is 0.0172. The Balaban J connectivity index is 0.949. The summed E-state index contributed by atoms with van der Waals surface area (Å²) in [6, 6.07) is 15.5. The maximum Gasteiger partial charge on any atom is 0.326 e. The van der Waals surface area contributed by atoms with E-state index in [1.165, 1.54) is 9.13 Å². The predicted molar refractivity (Wildman–Crippen MR) is 550 cm³/mol. The van der Waals surface area contributed by atoms with Crippen LogP contribution in [0.15, 0.2) is 79.0 Å². The third kappa shape index (κ3) is 63.6. The molecular formula is C95H146IN17O32S2. The third-order valence-corrected chi connectivity index (χ3v) is 23.4. The first kappa shape index (κ1) is 127. The number of amides is 7. The van der Waals surface area contributed by atoms with Crippen LogP contribution in [0.25, 0.3) is 11.3 Å². The zero-order valence-electron chi connectivity index (χ0n) is 83.0. The average Bonchev–Trinajstić information content (AvgIpc) is 1.65. The summed E-state index contributed by atoms with van der Waals surface area (Å²) < 4.78 is 64.5. The number of halogens is 1. The number of hydrogen-bond donors (Lipinski definition) is 18. The molecule has 5 rings (SSSR count). The van der Waals surface area contributed by atoms with Gasteiger partial charge in [-0.3, -0.25) is 58.0 Å². The Kier molecular flexibility index (Phi) is 67.6. The lowest BCUT2D eigenvalue weighted by Crippen LogP contribution is -2.53. The van der Waals surface area contributed by atoms with E-state index in [2.05, 4.69) is 110 Å². The molecule has 4 aromatic rings.